The fraction of sp³-hybridized carbons (Fsp3) is 0.526. The molecule has 0 spiro atoms. The summed E-state index contributed by atoms with van der Waals surface area (Å²) in [6.45, 7) is 3.20. The van der Waals surface area contributed by atoms with Crippen LogP contribution in [0.3, 0.4) is 0 Å². The Hall–Kier alpha value is -0.640. The molecule has 130 valence electrons. The second kappa shape index (κ2) is 8.64. The van der Waals surface area contributed by atoms with Gasteiger partial charge in [0.15, 0.2) is 0 Å². The molecule has 1 saturated carbocycles. The van der Waals surface area contributed by atoms with Crippen molar-refractivity contribution in [1.29, 1.82) is 0 Å². The van der Waals surface area contributed by atoms with Crippen LogP contribution in [0.5, 0.6) is 0 Å². The van der Waals surface area contributed by atoms with Crippen LogP contribution in [0.2, 0.25) is 10.0 Å². The zero-order chi connectivity index (χ0) is 16.9. The third-order valence-corrected chi connectivity index (χ3v) is 7.27. The summed E-state index contributed by atoms with van der Waals surface area (Å²) in [7, 11) is 0. The zero-order valence-corrected chi connectivity index (χ0v) is 16.3. The molecule has 2 atom stereocenters. The molecule has 3 rings (SSSR count). The Bertz CT molecular complexity index is 639. The van der Waals surface area contributed by atoms with Crippen LogP contribution in [0.25, 0.3) is 0 Å². The molecule has 1 aliphatic rings. The predicted molar refractivity (Wildman–Crippen MR) is 105 cm³/mol. The molecule has 1 heterocycles. The number of aromatic nitrogens is 2. The lowest BCUT2D eigenvalue weighted by molar-refractivity contribution is 0.508. The Morgan fingerprint density at radius 3 is 2.71 bits per heavy atom. The Kier molecular flexibility index (Phi) is 6.54. The van der Waals surface area contributed by atoms with Crippen molar-refractivity contribution >= 4 is 35.0 Å². The summed E-state index contributed by atoms with van der Waals surface area (Å²) < 4.78 is 2.14. The van der Waals surface area contributed by atoms with E-state index >= 15 is 0 Å². The van der Waals surface area contributed by atoms with Gasteiger partial charge in [-0.2, -0.15) is 0 Å². The number of hydrogen-bond donors (Lipinski definition) is 0. The normalized spacial score (nSPS) is 18.0. The van der Waals surface area contributed by atoms with Crippen molar-refractivity contribution in [3.8, 4) is 0 Å². The molecular weight excluding hydrogens is 359 g/mol. The van der Waals surface area contributed by atoms with Crippen molar-refractivity contribution in [2.75, 3.05) is 0 Å². The standard InChI is InChI=1S/C19H24Cl2N2S/c1-2-18(14-5-3-4-6-14)24-19(12-23-10-9-22-13-23)16-8-7-15(20)11-17(16)21/h7-11,13-14,18-19H,2-6,12H2,1H3. The molecule has 0 saturated heterocycles. The third-order valence-electron chi connectivity index (χ3n) is 4.91. The average Bonchev–Trinajstić information content (AvgIpc) is 3.25. The van der Waals surface area contributed by atoms with Crippen LogP contribution in [0.4, 0.5) is 0 Å². The molecule has 2 nitrogen and oxygen atoms in total. The summed E-state index contributed by atoms with van der Waals surface area (Å²) in [5.74, 6) is 0.844. The van der Waals surface area contributed by atoms with Gasteiger partial charge >= 0.3 is 0 Å². The van der Waals surface area contributed by atoms with Crippen molar-refractivity contribution in [1.82, 2.24) is 9.55 Å². The first-order chi connectivity index (χ1) is 11.7. The monoisotopic (exact) mass is 382 g/mol. The molecule has 1 aromatic carbocycles. The lowest BCUT2D eigenvalue weighted by Gasteiger charge is -2.28. The van der Waals surface area contributed by atoms with E-state index in [0.29, 0.717) is 15.5 Å². The minimum atomic E-state index is 0.314. The van der Waals surface area contributed by atoms with Gasteiger partial charge in [-0.05, 0) is 42.9 Å². The number of hydrogen-bond acceptors (Lipinski definition) is 2. The molecule has 2 aromatic rings. The Morgan fingerprint density at radius 2 is 2.08 bits per heavy atom. The molecule has 0 bridgehead atoms. The highest BCUT2D eigenvalue weighted by Gasteiger charge is 2.28. The van der Waals surface area contributed by atoms with E-state index in [4.69, 9.17) is 23.2 Å². The molecular formula is C19H24Cl2N2S. The molecule has 1 aliphatic carbocycles. The van der Waals surface area contributed by atoms with E-state index in [1.165, 1.54) is 37.7 Å². The van der Waals surface area contributed by atoms with E-state index in [2.05, 4.69) is 34.3 Å². The quantitative estimate of drug-likeness (QED) is 0.534. The maximum absolute atomic E-state index is 6.53. The summed E-state index contributed by atoms with van der Waals surface area (Å²) >= 11 is 14.7. The van der Waals surface area contributed by atoms with Crippen molar-refractivity contribution < 1.29 is 0 Å². The zero-order valence-electron chi connectivity index (χ0n) is 14.0. The number of thioether (sulfide) groups is 1. The largest absolute Gasteiger partial charge is 0.336 e. The van der Waals surface area contributed by atoms with Crippen LogP contribution < -0.4 is 0 Å². The molecule has 0 aliphatic heterocycles. The summed E-state index contributed by atoms with van der Waals surface area (Å²) in [5, 5.41) is 2.46. The van der Waals surface area contributed by atoms with E-state index < -0.39 is 0 Å². The van der Waals surface area contributed by atoms with Gasteiger partial charge in [0.2, 0.25) is 0 Å². The van der Waals surface area contributed by atoms with Gasteiger partial charge in [-0.3, -0.25) is 0 Å². The highest BCUT2D eigenvalue weighted by Crippen LogP contribution is 2.44. The lowest BCUT2D eigenvalue weighted by atomic mass is 10.0. The van der Waals surface area contributed by atoms with Crippen molar-refractivity contribution in [2.45, 2.75) is 56.1 Å². The second-order valence-electron chi connectivity index (χ2n) is 6.54. The molecule has 1 aromatic heterocycles. The summed E-state index contributed by atoms with van der Waals surface area (Å²) in [5.41, 5.74) is 1.18. The summed E-state index contributed by atoms with van der Waals surface area (Å²) in [6, 6.07) is 5.89. The van der Waals surface area contributed by atoms with E-state index in [9.17, 15) is 0 Å². The summed E-state index contributed by atoms with van der Waals surface area (Å²) in [4.78, 5) is 4.18. The van der Waals surface area contributed by atoms with Crippen LogP contribution in [0, 0.1) is 5.92 Å². The van der Waals surface area contributed by atoms with Gasteiger partial charge in [-0.15, -0.1) is 11.8 Å². The van der Waals surface area contributed by atoms with Crippen molar-refractivity contribution in [2.24, 2.45) is 5.92 Å². The number of nitrogens with zero attached hydrogens (tertiary/aromatic N) is 2. The second-order valence-corrected chi connectivity index (χ2v) is 8.83. The SMILES string of the molecule is CCC(SC(Cn1ccnc1)c1ccc(Cl)cc1Cl)C1CCCC1. The van der Waals surface area contributed by atoms with Crippen LogP contribution in [-0.2, 0) is 6.54 Å². The van der Waals surface area contributed by atoms with Gasteiger partial charge in [-0.25, -0.2) is 4.98 Å². The summed E-state index contributed by atoms with van der Waals surface area (Å²) in [6.07, 6.45) is 12.5. The first-order valence-corrected chi connectivity index (χ1v) is 10.4. The number of imidazole rings is 1. The Balaban J connectivity index is 1.83. The first kappa shape index (κ1) is 18.2. The fourth-order valence-corrected chi connectivity index (χ4v) is 5.97. The number of benzene rings is 1. The minimum absolute atomic E-state index is 0.314. The molecule has 0 radical (unpaired) electrons. The van der Waals surface area contributed by atoms with Crippen molar-refractivity contribution in [3.63, 3.8) is 0 Å². The fourth-order valence-electron chi connectivity index (χ4n) is 3.64. The highest BCUT2D eigenvalue weighted by molar-refractivity contribution is 8.00. The molecule has 0 N–H and O–H groups in total. The molecule has 5 heteroatoms. The van der Waals surface area contributed by atoms with Crippen LogP contribution in [0.1, 0.15) is 49.8 Å². The molecule has 0 amide bonds. The van der Waals surface area contributed by atoms with E-state index in [1.54, 1.807) is 0 Å². The van der Waals surface area contributed by atoms with Gasteiger partial charge < -0.3 is 4.57 Å². The predicted octanol–water partition coefficient (Wildman–Crippen LogP) is 6.63. The third kappa shape index (κ3) is 4.50. The van der Waals surface area contributed by atoms with Crippen LogP contribution in [-0.4, -0.2) is 14.8 Å². The maximum Gasteiger partial charge on any atom is 0.0946 e. The minimum Gasteiger partial charge on any atom is -0.336 e. The van der Waals surface area contributed by atoms with Gasteiger partial charge in [0, 0.05) is 39.5 Å². The molecule has 24 heavy (non-hydrogen) atoms. The maximum atomic E-state index is 6.53. The lowest BCUT2D eigenvalue weighted by Crippen LogP contribution is -2.17. The highest BCUT2D eigenvalue weighted by atomic mass is 35.5. The van der Waals surface area contributed by atoms with Crippen molar-refractivity contribution in [3.05, 3.63) is 52.5 Å². The average molecular weight is 383 g/mol. The molecule has 1 fully saturated rings. The van der Waals surface area contributed by atoms with Gasteiger partial charge in [0.05, 0.1) is 6.33 Å². The number of halogens is 2. The van der Waals surface area contributed by atoms with E-state index in [1.807, 2.05) is 30.9 Å². The Morgan fingerprint density at radius 1 is 1.29 bits per heavy atom. The first-order valence-electron chi connectivity index (χ1n) is 8.73. The smallest absolute Gasteiger partial charge is 0.0946 e. The van der Waals surface area contributed by atoms with E-state index in [-0.39, 0.29) is 0 Å². The van der Waals surface area contributed by atoms with Gasteiger partial charge in [0.25, 0.3) is 0 Å². The number of rotatable bonds is 7. The topological polar surface area (TPSA) is 17.8 Å². The van der Waals surface area contributed by atoms with Gasteiger partial charge in [-0.1, -0.05) is 49.0 Å². The van der Waals surface area contributed by atoms with Crippen LogP contribution >= 0.6 is 35.0 Å². The van der Waals surface area contributed by atoms with E-state index in [0.717, 1.165) is 17.5 Å². The van der Waals surface area contributed by atoms with Gasteiger partial charge in [0.1, 0.15) is 0 Å². The molecule has 2 unspecified atom stereocenters. The Labute approximate surface area is 159 Å². The van der Waals surface area contributed by atoms with Crippen LogP contribution in [0.15, 0.2) is 36.9 Å².